The molecule has 0 radical (unpaired) electrons. The van der Waals surface area contributed by atoms with Crippen molar-refractivity contribution in [3.8, 4) is 0 Å². The quantitative estimate of drug-likeness (QED) is 0.730. The van der Waals surface area contributed by atoms with E-state index < -0.39 is 0 Å². The minimum absolute atomic E-state index is 0.144. The Morgan fingerprint density at radius 2 is 2.08 bits per heavy atom. The molecule has 138 valence electrons. The molecule has 8 heteroatoms. The first-order valence-electron chi connectivity index (χ1n) is 8.44. The average Bonchev–Trinajstić information content (AvgIpc) is 2.99. The van der Waals surface area contributed by atoms with Gasteiger partial charge < -0.3 is 10.6 Å². The molecule has 0 spiro atoms. The van der Waals surface area contributed by atoms with Crippen LogP contribution in [0.4, 0.5) is 11.6 Å². The molecule has 3 rings (SSSR count). The van der Waals surface area contributed by atoms with Gasteiger partial charge in [-0.2, -0.15) is 4.98 Å². The summed E-state index contributed by atoms with van der Waals surface area (Å²) in [5, 5.41) is 12.1. The standard InChI is InChI=1S/C18H22ClN5OS/c1-10(2)9-14-15(16(25)21-13-7-5-12(19)6-8-13)11(3)20-17-22-18(26-4)23-24(14)17/h5-8,10,14H,9H2,1-4H3,(H,21,25)(H,20,22,23)/t14-/m1/s1. The Hall–Kier alpha value is -1.99. The van der Waals surface area contributed by atoms with Crippen molar-refractivity contribution in [2.45, 2.75) is 38.4 Å². The molecule has 1 atom stereocenters. The van der Waals surface area contributed by atoms with Crippen LogP contribution in [0.25, 0.3) is 0 Å². The molecule has 2 N–H and O–H groups in total. The third-order valence-electron chi connectivity index (χ3n) is 4.17. The van der Waals surface area contributed by atoms with E-state index in [4.69, 9.17) is 11.6 Å². The number of benzene rings is 1. The van der Waals surface area contributed by atoms with Gasteiger partial charge in [-0.1, -0.05) is 37.2 Å². The van der Waals surface area contributed by atoms with Gasteiger partial charge in [-0.3, -0.25) is 4.79 Å². The predicted octanol–water partition coefficient (Wildman–Crippen LogP) is 4.58. The number of carbonyl (C=O) groups is 1. The first-order valence-corrected chi connectivity index (χ1v) is 10.0. The molecule has 0 fully saturated rings. The number of hydrogen-bond donors (Lipinski definition) is 2. The summed E-state index contributed by atoms with van der Waals surface area (Å²) in [4.78, 5) is 17.5. The predicted molar refractivity (Wildman–Crippen MR) is 107 cm³/mol. The van der Waals surface area contributed by atoms with Crippen LogP contribution in [0.15, 0.2) is 40.7 Å². The summed E-state index contributed by atoms with van der Waals surface area (Å²) in [5.74, 6) is 0.939. The van der Waals surface area contributed by atoms with Gasteiger partial charge in [0, 0.05) is 16.4 Å². The molecule has 6 nitrogen and oxygen atoms in total. The SMILES string of the molecule is CSc1nc2n(n1)[C@H](CC(C)C)C(C(=O)Nc1ccc(Cl)cc1)=C(C)N2. The molecule has 0 saturated heterocycles. The molecule has 1 amide bonds. The normalized spacial score (nSPS) is 16.5. The van der Waals surface area contributed by atoms with Crippen LogP contribution in [0.3, 0.4) is 0 Å². The van der Waals surface area contributed by atoms with Gasteiger partial charge in [-0.25, -0.2) is 4.68 Å². The summed E-state index contributed by atoms with van der Waals surface area (Å²) in [7, 11) is 0. The third-order valence-corrected chi connectivity index (χ3v) is 4.96. The van der Waals surface area contributed by atoms with Gasteiger partial charge in [0.25, 0.3) is 5.91 Å². The molecular weight excluding hydrogens is 370 g/mol. The van der Waals surface area contributed by atoms with E-state index in [0.717, 1.165) is 12.1 Å². The summed E-state index contributed by atoms with van der Waals surface area (Å²) < 4.78 is 1.83. The maximum atomic E-state index is 13.0. The summed E-state index contributed by atoms with van der Waals surface area (Å²) in [6.07, 6.45) is 2.74. The largest absolute Gasteiger partial charge is 0.328 e. The second-order valence-electron chi connectivity index (χ2n) is 6.64. The van der Waals surface area contributed by atoms with E-state index in [1.165, 1.54) is 11.8 Å². The highest BCUT2D eigenvalue weighted by molar-refractivity contribution is 7.98. The molecular formula is C18H22ClN5OS. The van der Waals surface area contributed by atoms with Crippen molar-refractivity contribution < 1.29 is 4.79 Å². The number of nitrogens with one attached hydrogen (secondary N) is 2. The maximum Gasteiger partial charge on any atom is 0.255 e. The fourth-order valence-corrected chi connectivity index (χ4v) is 3.49. The fourth-order valence-electron chi connectivity index (χ4n) is 3.02. The second-order valence-corrected chi connectivity index (χ2v) is 7.85. The minimum atomic E-state index is -0.160. The first-order chi connectivity index (χ1) is 12.4. The lowest BCUT2D eigenvalue weighted by Gasteiger charge is -2.29. The van der Waals surface area contributed by atoms with Crippen LogP contribution in [0, 0.1) is 5.92 Å². The van der Waals surface area contributed by atoms with Crippen molar-refractivity contribution in [1.29, 1.82) is 0 Å². The number of rotatable bonds is 5. The van der Waals surface area contributed by atoms with Crippen LogP contribution in [0.1, 0.15) is 33.2 Å². The Balaban J connectivity index is 1.93. The highest BCUT2D eigenvalue weighted by Gasteiger charge is 2.33. The molecule has 1 aromatic heterocycles. The minimum Gasteiger partial charge on any atom is -0.328 e. The molecule has 2 aromatic rings. The molecule has 2 heterocycles. The molecule has 26 heavy (non-hydrogen) atoms. The van der Waals surface area contributed by atoms with Gasteiger partial charge >= 0.3 is 0 Å². The van der Waals surface area contributed by atoms with Crippen molar-refractivity contribution in [1.82, 2.24) is 14.8 Å². The van der Waals surface area contributed by atoms with Crippen LogP contribution in [-0.4, -0.2) is 26.9 Å². The fraction of sp³-hybridized carbons (Fsp3) is 0.389. The molecule has 0 aliphatic carbocycles. The van der Waals surface area contributed by atoms with Crippen molar-refractivity contribution in [3.63, 3.8) is 0 Å². The lowest BCUT2D eigenvalue weighted by Crippen LogP contribution is -2.31. The molecule has 1 aliphatic rings. The van der Waals surface area contributed by atoms with Crippen molar-refractivity contribution in [2.24, 2.45) is 5.92 Å². The van der Waals surface area contributed by atoms with Crippen molar-refractivity contribution >= 4 is 40.9 Å². The highest BCUT2D eigenvalue weighted by Crippen LogP contribution is 2.35. The van der Waals surface area contributed by atoms with Gasteiger partial charge in [-0.15, -0.1) is 5.10 Å². The monoisotopic (exact) mass is 391 g/mol. The van der Waals surface area contributed by atoms with Gasteiger partial charge in [0.2, 0.25) is 11.1 Å². The Morgan fingerprint density at radius 3 is 2.69 bits per heavy atom. The second kappa shape index (κ2) is 7.72. The number of carbonyl (C=O) groups excluding carboxylic acids is 1. The van der Waals surface area contributed by atoms with E-state index in [-0.39, 0.29) is 11.9 Å². The zero-order chi connectivity index (χ0) is 18.8. The number of halogens is 1. The topological polar surface area (TPSA) is 71.8 Å². The average molecular weight is 392 g/mol. The lowest BCUT2D eigenvalue weighted by atomic mass is 9.94. The van der Waals surface area contributed by atoms with Crippen LogP contribution >= 0.6 is 23.4 Å². The molecule has 0 bridgehead atoms. The number of anilines is 2. The van der Waals surface area contributed by atoms with E-state index in [1.807, 2.05) is 17.9 Å². The number of aromatic nitrogens is 3. The first kappa shape index (κ1) is 18.8. The molecule has 1 aromatic carbocycles. The van der Waals surface area contributed by atoms with Crippen molar-refractivity contribution in [2.75, 3.05) is 16.9 Å². The number of thioether (sulfide) groups is 1. The number of nitrogens with zero attached hydrogens (tertiary/aromatic N) is 3. The van der Waals surface area contributed by atoms with Crippen molar-refractivity contribution in [3.05, 3.63) is 40.6 Å². The highest BCUT2D eigenvalue weighted by atomic mass is 35.5. The van der Waals surface area contributed by atoms with E-state index in [1.54, 1.807) is 24.3 Å². The summed E-state index contributed by atoms with van der Waals surface area (Å²) in [5.41, 5.74) is 2.19. The smallest absolute Gasteiger partial charge is 0.255 e. The number of hydrogen-bond acceptors (Lipinski definition) is 5. The Morgan fingerprint density at radius 1 is 1.38 bits per heavy atom. The van der Waals surface area contributed by atoms with Crippen LogP contribution in [0.5, 0.6) is 0 Å². The zero-order valence-electron chi connectivity index (χ0n) is 15.2. The number of fused-ring (bicyclic) bond motifs is 1. The molecule has 0 saturated carbocycles. The van der Waals surface area contributed by atoms with Gasteiger partial charge in [0.05, 0.1) is 11.6 Å². The van der Waals surface area contributed by atoms with E-state index in [9.17, 15) is 4.79 Å². The van der Waals surface area contributed by atoms with Crippen LogP contribution in [-0.2, 0) is 4.79 Å². The third kappa shape index (κ3) is 3.88. The maximum absolute atomic E-state index is 13.0. The number of amides is 1. The Kier molecular flexibility index (Phi) is 5.58. The van der Waals surface area contributed by atoms with E-state index in [0.29, 0.717) is 33.3 Å². The number of allylic oxidation sites excluding steroid dienone is 1. The van der Waals surface area contributed by atoms with Gasteiger partial charge in [0.15, 0.2) is 0 Å². The molecule has 0 unspecified atom stereocenters. The van der Waals surface area contributed by atoms with Crippen LogP contribution < -0.4 is 10.6 Å². The summed E-state index contributed by atoms with van der Waals surface area (Å²) in [6.45, 7) is 6.18. The van der Waals surface area contributed by atoms with Gasteiger partial charge in [0.1, 0.15) is 0 Å². The zero-order valence-corrected chi connectivity index (χ0v) is 16.8. The van der Waals surface area contributed by atoms with Crippen LogP contribution in [0.2, 0.25) is 5.02 Å². The Labute approximate surface area is 162 Å². The summed E-state index contributed by atoms with van der Waals surface area (Å²) in [6, 6.07) is 6.92. The van der Waals surface area contributed by atoms with Gasteiger partial charge in [-0.05, 0) is 49.8 Å². The van der Waals surface area contributed by atoms with E-state index in [2.05, 4.69) is 34.6 Å². The molecule has 1 aliphatic heterocycles. The van der Waals surface area contributed by atoms with E-state index >= 15 is 0 Å². The Bertz CT molecular complexity index is 844. The summed E-state index contributed by atoms with van der Waals surface area (Å²) >= 11 is 7.40. The lowest BCUT2D eigenvalue weighted by molar-refractivity contribution is -0.113.